The third-order valence-electron chi connectivity index (χ3n) is 4.12. The number of nitrogens with one attached hydrogen (secondary N) is 1. The van der Waals surface area contributed by atoms with Gasteiger partial charge in [0.2, 0.25) is 0 Å². The molecule has 0 saturated carbocycles. The fourth-order valence-corrected chi connectivity index (χ4v) is 3.58. The summed E-state index contributed by atoms with van der Waals surface area (Å²) in [5.41, 5.74) is 3.08. The Hall–Kier alpha value is -3.63. The highest BCUT2D eigenvalue weighted by molar-refractivity contribution is 7.15. The van der Waals surface area contributed by atoms with Gasteiger partial charge in [0.05, 0.1) is 24.1 Å². The van der Waals surface area contributed by atoms with Crippen LogP contribution in [0.4, 0.5) is 5.69 Å². The van der Waals surface area contributed by atoms with Gasteiger partial charge in [0.15, 0.2) is 4.96 Å². The molecule has 0 bridgehead atoms. The van der Waals surface area contributed by atoms with Crippen molar-refractivity contribution in [3.63, 3.8) is 0 Å². The number of amides is 1. The van der Waals surface area contributed by atoms with Crippen LogP contribution in [0.5, 0.6) is 5.75 Å². The molecule has 0 aliphatic carbocycles. The summed E-state index contributed by atoms with van der Waals surface area (Å²) >= 11 is 1.39. The first-order valence-electron chi connectivity index (χ1n) is 8.11. The van der Waals surface area contributed by atoms with Crippen LogP contribution in [-0.2, 0) is 0 Å². The predicted molar refractivity (Wildman–Crippen MR) is 104 cm³/mol. The molecule has 0 aliphatic rings. The molecule has 1 N–H and O–H groups in total. The molecule has 0 fully saturated rings. The minimum absolute atomic E-state index is 0.289. The molecule has 4 aromatic rings. The van der Waals surface area contributed by atoms with Crippen LogP contribution in [0, 0.1) is 11.3 Å². The molecule has 0 atom stereocenters. The predicted octanol–water partition coefficient (Wildman–Crippen LogP) is 4.20. The van der Waals surface area contributed by atoms with Gasteiger partial charge in [-0.15, -0.1) is 11.3 Å². The fourth-order valence-electron chi connectivity index (χ4n) is 2.72. The number of imidazole rings is 1. The lowest BCUT2D eigenvalue weighted by Gasteiger charge is -2.05. The molecule has 132 valence electrons. The SMILES string of the molecule is COc1ccc(-c2cn3c(C(=O)Nc4ccccc4C#N)csc3n2)cc1. The number of ether oxygens (including phenoxy) is 1. The summed E-state index contributed by atoms with van der Waals surface area (Å²) in [7, 11) is 1.62. The van der Waals surface area contributed by atoms with Gasteiger partial charge in [0, 0.05) is 17.1 Å². The monoisotopic (exact) mass is 374 g/mol. The average Bonchev–Trinajstić information content (AvgIpc) is 3.29. The number of anilines is 1. The van der Waals surface area contributed by atoms with Gasteiger partial charge in [-0.25, -0.2) is 4.98 Å². The molecule has 7 heteroatoms. The number of nitrogens with zero attached hydrogens (tertiary/aromatic N) is 3. The lowest BCUT2D eigenvalue weighted by atomic mass is 10.2. The average molecular weight is 374 g/mol. The van der Waals surface area contributed by atoms with Gasteiger partial charge in [-0.05, 0) is 36.4 Å². The maximum absolute atomic E-state index is 12.7. The third-order valence-corrected chi connectivity index (χ3v) is 4.96. The molecule has 0 aliphatic heterocycles. The normalized spacial score (nSPS) is 10.5. The molecule has 2 heterocycles. The summed E-state index contributed by atoms with van der Waals surface area (Å²) in [5, 5.41) is 13.7. The number of para-hydroxylation sites is 1. The molecule has 27 heavy (non-hydrogen) atoms. The molecule has 2 aromatic carbocycles. The van der Waals surface area contributed by atoms with Crippen molar-refractivity contribution in [1.82, 2.24) is 9.38 Å². The summed E-state index contributed by atoms with van der Waals surface area (Å²) in [4.78, 5) is 18.0. The zero-order chi connectivity index (χ0) is 18.8. The summed E-state index contributed by atoms with van der Waals surface area (Å²) in [6.45, 7) is 0. The number of methoxy groups -OCH3 is 1. The number of benzene rings is 2. The second kappa shape index (κ2) is 6.94. The van der Waals surface area contributed by atoms with Crippen LogP contribution < -0.4 is 10.1 Å². The molecule has 0 radical (unpaired) electrons. The smallest absolute Gasteiger partial charge is 0.273 e. The second-order valence-corrected chi connectivity index (χ2v) is 6.58. The highest BCUT2D eigenvalue weighted by Crippen LogP contribution is 2.26. The van der Waals surface area contributed by atoms with Crippen molar-refractivity contribution in [3.8, 4) is 23.1 Å². The van der Waals surface area contributed by atoms with Crippen molar-refractivity contribution in [3.05, 3.63) is 71.4 Å². The number of fused-ring (bicyclic) bond motifs is 1. The molecular formula is C20H14N4O2S. The minimum atomic E-state index is -0.289. The molecule has 6 nitrogen and oxygen atoms in total. The summed E-state index contributed by atoms with van der Waals surface area (Å²) in [5.74, 6) is 0.485. The van der Waals surface area contributed by atoms with E-state index < -0.39 is 0 Å². The van der Waals surface area contributed by atoms with Gasteiger partial charge in [-0.2, -0.15) is 5.26 Å². The van der Waals surface area contributed by atoms with E-state index in [2.05, 4.69) is 16.4 Å². The minimum Gasteiger partial charge on any atom is -0.497 e. The quantitative estimate of drug-likeness (QED) is 0.581. The van der Waals surface area contributed by atoms with Gasteiger partial charge in [-0.1, -0.05) is 12.1 Å². The van der Waals surface area contributed by atoms with Crippen molar-refractivity contribution in [2.45, 2.75) is 0 Å². The van der Waals surface area contributed by atoms with Crippen molar-refractivity contribution in [1.29, 1.82) is 5.26 Å². The van der Waals surface area contributed by atoms with E-state index in [0.717, 1.165) is 22.0 Å². The van der Waals surface area contributed by atoms with Crippen molar-refractivity contribution in [2.24, 2.45) is 0 Å². The second-order valence-electron chi connectivity index (χ2n) is 5.74. The van der Waals surface area contributed by atoms with Gasteiger partial charge in [0.1, 0.15) is 17.5 Å². The number of nitriles is 1. The maximum atomic E-state index is 12.7. The highest BCUT2D eigenvalue weighted by Gasteiger charge is 2.16. The van der Waals surface area contributed by atoms with E-state index in [1.165, 1.54) is 11.3 Å². The van der Waals surface area contributed by atoms with E-state index >= 15 is 0 Å². The lowest BCUT2D eigenvalue weighted by Crippen LogP contribution is -2.14. The first-order chi connectivity index (χ1) is 13.2. The molecule has 0 saturated heterocycles. The van der Waals surface area contributed by atoms with E-state index in [0.29, 0.717) is 16.9 Å². The van der Waals surface area contributed by atoms with Crippen LogP contribution in [0.1, 0.15) is 16.1 Å². The Morgan fingerprint density at radius 2 is 2.00 bits per heavy atom. The van der Waals surface area contributed by atoms with Crippen molar-refractivity contribution < 1.29 is 9.53 Å². The number of carbonyl (C=O) groups excluding carboxylic acids is 1. The number of thiazole rings is 1. The van der Waals surface area contributed by atoms with Gasteiger partial charge < -0.3 is 10.1 Å². The molecule has 0 spiro atoms. The van der Waals surface area contributed by atoms with Crippen molar-refractivity contribution in [2.75, 3.05) is 12.4 Å². The molecule has 2 aromatic heterocycles. The zero-order valence-electron chi connectivity index (χ0n) is 14.3. The Balaban J connectivity index is 1.65. The lowest BCUT2D eigenvalue weighted by molar-refractivity contribution is 0.102. The molecular weight excluding hydrogens is 360 g/mol. The number of carbonyl (C=O) groups is 1. The van der Waals surface area contributed by atoms with Crippen LogP contribution >= 0.6 is 11.3 Å². The summed E-state index contributed by atoms with van der Waals surface area (Å²) < 4.78 is 6.93. The summed E-state index contributed by atoms with van der Waals surface area (Å²) in [6.07, 6.45) is 1.83. The first kappa shape index (κ1) is 16.8. The van der Waals surface area contributed by atoms with Gasteiger partial charge >= 0.3 is 0 Å². The zero-order valence-corrected chi connectivity index (χ0v) is 15.2. The molecule has 4 rings (SSSR count). The van der Waals surface area contributed by atoms with Crippen LogP contribution in [0.25, 0.3) is 16.2 Å². The van der Waals surface area contributed by atoms with Crippen LogP contribution in [0.3, 0.4) is 0 Å². The van der Waals surface area contributed by atoms with Crippen LogP contribution in [0.15, 0.2) is 60.1 Å². The van der Waals surface area contributed by atoms with E-state index in [4.69, 9.17) is 4.74 Å². The standard InChI is InChI=1S/C20H14N4O2S/c1-26-15-8-6-13(7-9-15)17-11-24-18(12-27-20(24)23-17)19(25)22-16-5-3-2-4-14(16)10-21/h2-9,11-12H,1H3,(H,22,25). The Morgan fingerprint density at radius 1 is 1.22 bits per heavy atom. The Bertz CT molecular complexity index is 1170. The maximum Gasteiger partial charge on any atom is 0.273 e. The summed E-state index contributed by atoms with van der Waals surface area (Å²) in [6, 6.07) is 16.6. The van der Waals surface area contributed by atoms with Gasteiger partial charge in [0.25, 0.3) is 5.91 Å². The number of hydrogen-bond donors (Lipinski definition) is 1. The Kier molecular flexibility index (Phi) is 4.32. The van der Waals surface area contributed by atoms with E-state index in [1.54, 1.807) is 41.2 Å². The third kappa shape index (κ3) is 3.14. The number of rotatable bonds is 4. The number of aromatic nitrogens is 2. The number of hydrogen-bond acceptors (Lipinski definition) is 5. The van der Waals surface area contributed by atoms with E-state index in [1.807, 2.05) is 30.5 Å². The first-order valence-corrected chi connectivity index (χ1v) is 8.99. The van der Waals surface area contributed by atoms with Crippen molar-refractivity contribution >= 4 is 27.9 Å². The Morgan fingerprint density at radius 3 is 2.74 bits per heavy atom. The molecule has 1 amide bonds. The highest BCUT2D eigenvalue weighted by atomic mass is 32.1. The fraction of sp³-hybridized carbons (Fsp3) is 0.0500. The van der Waals surface area contributed by atoms with E-state index in [9.17, 15) is 10.1 Å². The van der Waals surface area contributed by atoms with Crippen LogP contribution in [-0.4, -0.2) is 22.4 Å². The van der Waals surface area contributed by atoms with Gasteiger partial charge in [-0.3, -0.25) is 9.20 Å². The Labute approximate surface area is 159 Å². The van der Waals surface area contributed by atoms with E-state index in [-0.39, 0.29) is 5.91 Å². The van der Waals surface area contributed by atoms with Crippen LogP contribution in [0.2, 0.25) is 0 Å². The molecule has 0 unspecified atom stereocenters. The topological polar surface area (TPSA) is 79.4 Å². The largest absolute Gasteiger partial charge is 0.497 e.